The van der Waals surface area contributed by atoms with E-state index in [2.05, 4.69) is 15.9 Å². The molecule has 0 radical (unpaired) electrons. The second-order valence-electron chi connectivity index (χ2n) is 5.95. The average molecular weight is 447 g/mol. The second-order valence-corrected chi connectivity index (χ2v) is 6.81. The first-order chi connectivity index (χ1) is 13.5. The molecule has 0 saturated heterocycles. The third kappa shape index (κ3) is 4.36. The molecular weight excluding hydrogens is 428 g/mol. The fourth-order valence-corrected chi connectivity index (χ4v) is 3.39. The van der Waals surface area contributed by atoms with Gasteiger partial charge in [-0.05, 0) is 47.1 Å². The number of benzene rings is 2. The summed E-state index contributed by atoms with van der Waals surface area (Å²) in [6.45, 7) is 1.95. The molecule has 0 aliphatic carbocycles. The smallest absolute Gasteiger partial charge is 0.352 e. The lowest BCUT2D eigenvalue weighted by Crippen LogP contribution is -2.22. The first-order valence-electron chi connectivity index (χ1n) is 8.68. The van der Waals surface area contributed by atoms with Crippen molar-refractivity contribution >= 4 is 38.8 Å². The van der Waals surface area contributed by atoms with Gasteiger partial charge < -0.3 is 18.6 Å². The van der Waals surface area contributed by atoms with Crippen molar-refractivity contribution in [3.63, 3.8) is 0 Å². The number of methoxy groups -OCH3 is 1. The van der Waals surface area contributed by atoms with Crippen molar-refractivity contribution < 1.29 is 28.2 Å². The fraction of sp³-hybridized carbons (Fsp3) is 0.238. The molecule has 146 valence electrons. The van der Waals surface area contributed by atoms with Gasteiger partial charge in [-0.15, -0.1) is 0 Å². The van der Waals surface area contributed by atoms with Crippen LogP contribution < -0.4 is 4.74 Å². The summed E-state index contributed by atoms with van der Waals surface area (Å²) >= 11 is 3.46. The maximum absolute atomic E-state index is 12.6. The summed E-state index contributed by atoms with van der Waals surface area (Å²) in [4.78, 5) is 24.3. The molecule has 1 aromatic heterocycles. The molecule has 1 heterocycles. The Hall–Kier alpha value is -2.80. The second kappa shape index (κ2) is 8.93. The van der Waals surface area contributed by atoms with E-state index in [1.54, 1.807) is 49.6 Å². The van der Waals surface area contributed by atoms with Crippen molar-refractivity contribution in [3.8, 4) is 5.75 Å². The van der Waals surface area contributed by atoms with Crippen LogP contribution in [0.3, 0.4) is 0 Å². The van der Waals surface area contributed by atoms with Crippen molar-refractivity contribution in [1.82, 2.24) is 0 Å². The summed E-state index contributed by atoms with van der Waals surface area (Å²) in [5, 5.41) is 0.824. The number of halogens is 1. The minimum Gasteiger partial charge on any atom is -0.474 e. The molecule has 3 aromatic rings. The normalized spacial score (nSPS) is 11.8. The molecule has 2 aromatic carbocycles. The van der Waals surface area contributed by atoms with Crippen LogP contribution in [-0.2, 0) is 25.5 Å². The van der Waals surface area contributed by atoms with Crippen LogP contribution in [0.5, 0.6) is 5.75 Å². The molecule has 0 bridgehead atoms. The molecule has 0 aliphatic heterocycles. The molecule has 1 unspecified atom stereocenters. The highest BCUT2D eigenvalue weighted by Crippen LogP contribution is 2.33. The number of rotatable bonds is 7. The van der Waals surface area contributed by atoms with Crippen LogP contribution in [0.2, 0.25) is 0 Å². The lowest BCUT2D eigenvalue weighted by molar-refractivity contribution is -0.151. The molecule has 0 N–H and O–H groups in total. The highest BCUT2D eigenvalue weighted by molar-refractivity contribution is 9.10. The maximum atomic E-state index is 12.6. The fourth-order valence-electron chi connectivity index (χ4n) is 2.80. The monoisotopic (exact) mass is 446 g/mol. The molecule has 7 heteroatoms. The zero-order valence-corrected chi connectivity index (χ0v) is 17.0. The Labute approximate surface area is 170 Å². The van der Waals surface area contributed by atoms with E-state index in [-0.39, 0.29) is 13.0 Å². The lowest BCUT2D eigenvalue weighted by Gasteiger charge is -2.20. The third-order valence-corrected chi connectivity index (χ3v) is 4.70. The van der Waals surface area contributed by atoms with Crippen molar-refractivity contribution in [3.05, 3.63) is 64.3 Å². The Morgan fingerprint density at radius 1 is 1.18 bits per heavy atom. The van der Waals surface area contributed by atoms with Crippen LogP contribution in [0, 0.1) is 0 Å². The summed E-state index contributed by atoms with van der Waals surface area (Å²) < 4.78 is 22.1. The van der Waals surface area contributed by atoms with Gasteiger partial charge in [-0.2, -0.15) is 0 Å². The summed E-state index contributed by atoms with van der Waals surface area (Å²) in [5.41, 5.74) is 1.90. The van der Waals surface area contributed by atoms with Gasteiger partial charge in [0.1, 0.15) is 11.3 Å². The molecule has 6 nitrogen and oxygen atoms in total. The van der Waals surface area contributed by atoms with Crippen molar-refractivity contribution in [1.29, 1.82) is 0 Å². The minimum absolute atomic E-state index is 0.0344. The maximum Gasteiger partial charge on any atom is 0.352 e. The van der Waals surface area contributed by atoms with Crippen molar-refractivity contribution in [2.75, 3.05) is 13.7 Å². The molecule has 0 aliphatic rings. The molecule has 1 atom stereocenters. The number of carbonyl (C=O) groups excluding carboxylic acids is 2. The van der Waals surface area contributed by atoms with Gasteiger partial charge >= 0.3 is 11.9 Å². The van der Waals surface area contributed by atoms with Crippen LogP contribution >= 0.6 is 15.9 Å². The van der Waals surface area contributed by atoms with E-state index in [1.165, 1.54) is 7.11 Å². The Morgan fingerprint density at radius 2 is 1.96 bits per heavy atom. The summed E-state index contributed by atoms with van der Waals surface area (Å²) in [6.07, 6.45) is 0.604. The van der Waals surface area contributed by atoms with Crippen LogP contribution in [0.25, 0.3) is 11.0 Å². The number of esters is 2. The van der Waals surface area contributed by atoms with E-state index in [0.29, 0.717) is 26.9 Å². The number of hydrogen-bond donors (Lipinski definition) is 0. The minimum atomic E-state index is -1.01. The highest BCUT2D eigenvalue weighted by Gasteiger charge is 2.27. The molecule has 28 heavy (non-hydrogen) atoms. The van der Waals surface area contributed by atoms with E-state index >= 15 is 0 Å². The number of hydrogen-bond acceptors (Lipinski definition) is 6. The van der Waals surface area contributed by atoms with Crippen LogP contribution in [0.1, 0.15) is 24.2 Å². The largest absolute Gasteiger partial charge is 0.474 e. The molecule has 0 saturated carbocycles. The van der Waals surface area contributed by atoms with Gasteiger partial charge in [-0.25, -0.2) is 4.79 Å². The predicted octanol–water partition coefficient (Wildman–Crippen LogP) is 4.59. The van der Waals surface area contributed by atoms with Gasteiger partial charge in [0.25, 0.3) is 0 Å². The van der Waals surface area contributed by atoms with E-state index in [1.807, 2.05) is 6.07 Å². The molecule has 0 spiro atoms. The topological polar surface area (TPSA) is 75.0 Å². The van der Waals surface area contributed by atoms with Crippen molar-refractivity contribution in [2.24, 2.45) is 0 Å². The number of ether oxygens (including phenoxy) is 3. The van der Waals surface area contributed by atoms with E-state index in [0.717, 1.165) is 5.39 Å². The highest BCUT2D eigenvalue weighted by atomic mass is 79.9. The van der Waals surface area contributed by atoms with Crippen LogP contribution in [0.4, 0.5) is 0 Å². The Kier molecular flexibility index (Phi) is 6.36. The van der Waals surface area contributed by atoms with Crippen molar-refractivity contribution in [2.45, 2.75) is 19.4 Å². The van der Waals surface area contributed by atoms with Crippen LogP contribution in [-0.4, -0.2) is 25.7 Å². The zero-order valence-electron chi connectivity index (χ0n) is 15.4. The lowest BCUT2D eigenvalue weighted by atomic mass is 10.1. The summed E-state index contributed by atoms with van der Waals surface area (Å²) in [5.74, 6) is -0.509. The van der Waals surface area contributed by atoms with E-state index in [4.69, 9.17) is 18.6 Å². The quantitative estimate of drug-likeness (QED) is 0.493. The number of fused-ring (bicyclic) bond motifs is 1. The van der Waals surface area contributed by atoms with E-state index in [9.17, 15) is 9.59 Å². The molecule has 0 amide bonds. The number of furan rings is 1. The SMILES string of the molecule is CCOC(=O)C(Oc1ccccc1CC(=O)OC)c1cc(Br)c2occc2c1. The molecule has 3 rings (SSSR count). The van der Waals surface area contributed by atoms with Gasteiger partial charge in [0.15, 0.2) is 0 Å². The third-order valence-electron chi connectivity index (χ3n) is 4.11. The first kappa shape index (κ1) is 19.9. The van der Waals surface area contributed by atoms with Gasteiger partial charge in [-0.3, -0.25) is 4.79 Å². The standard InChI is InChI=1S/C21H19BrO6/c1-3-26-21(24)20(15-10-14-8-9-27-19(14)16(22)11-15)28-17-7-5-4-6-13(17)12-18(23)25-2/h4-11,20H,3,12H2,1-2H3. The van der Waals surface area contributed by atoms with Crippen LogP contribution in [0.15, 0.2) is 57.6 Å². The summed E-state index contributed by atoms with van der Waals surface area (Å²) in [7, 11) is 1.32. The number of para-hydroxylation sites is 1. The Morgan fingerprint density at radius 3 is 2.71 bits per heavy atom. The van der Waals surface area contributed by atoms with Gasteiger partial charge in [0.05, 0.1) is 30.9 Å². The van der Waals surface area contributed by atoms with E-state index < -0.39 is 18.0 Å². The molecular formula is C21H19BrO6. The molecule has 0 fully saturated rings. The number of carbonyl (C=O) groups is 2. The van der Waals surface area contributed by atoms with Gasteiger partial charge in [0, 0.05) is 16.5 Å². The Bertz CT molecular complexity index is 993. The average Bonchev–Trinajstić information content (AvgIpc) is 3.16. The van der Waals surface area contributed by atoms with Gasteiger partial charge in [0.2, 0.25) is 6.10 Å². The predicted molar refractivity (Wildman–Crippen MR) is 106 cm³/mol. The zero-order chi connectivity index (χ0) is 20.1. The van der Waals surface area contributed by atoms with Gasteiger partial charge in [-0.1, -0.05) is 18.2 Å². The Balaban J connectivity index is 1.99. The summed E-state index contributed by atoms with van der Waals surface area (Å²) in [6, 6.07) is 12.4. The first-order valence-corrected chi connectivity index (χ1v) is 9.47.